The van der Waals surface area contributed by atoms with Gasteiger partial charge in [-0.2, -0.15) is 0 Å². The highest BCUT2D eigenvalue weighted by atomic mass is 15.0. The molecule has 0 bridgehead atoms. The molecule has 0 fully saturated rings. The first kappa shape index (κ1) is 8.91. The fraction of sp³-hybridized carbons (Fsp3) is 0. The minimum Gasteiger partial charge on any atom is -0.255 e. The van der Waals surface area contributed by atoms with Gasteiger partial charge >= 0.3 is 0 Å². The molecule has 4 heteroatoms. The molecule has 2 heterocycles. The molecule has 2 aromatic heterocycles. The quantitative estimate of drug-likeness (QED) is 0.614. The molecular weight excluding hydrogens is 200 g/mol. The van der Waals surface area contributed by atoms with Gasteiger partial charge in [0.1, 0.15) is 12.7 Å². The van der Waals surface area contributed by atoms with E-state index in [0.717, 1.165) is 16.5 Å². The van der Waals surface area contributed by atoms with E-state index in [9.17, 15) is 0 Å². The molecule has 1 aromatic carbocycles. The lowest BCUT2D eigenvalue weighted by atomic mass is 10.1. The van der Waals surface area contributed by atoms with Crippen molar-refractivity contribution >= 4 is 10.9 Å². The maximum Gasteiger partial charge on any atom is 0.164 e. The molecule has 0 aliphatic heterocycles. The Hall–Kier alpha value is -2.36. The fourth-order valence-corrected chi connectivity index (χ4v) is 1.58. The van der Waals surface area contributed by atoms with Gasteiger partial charge in [0.2, 0.25) is 0 Å². The van der Waals surface area contributed by atoms with Crippen molar-refractivity contribution in [3.05, 3.63) is 49.2 Å². The van der Waals surface area contributed by atoms with Crippen LogP contribution in [0.5, 0.6) is 0 Å². The second-order valence-electron chi connectivity index (χ2n) is 3.38. The molecule has 0 amide bonds. The molecule has 0 saturated heterocycles. The van der Waals surface area contributed by atoms with E-state index in [1.807, 2.05) is 30.3 Å². The standard InChI is InChI=1S/C12H8N4/c1-2-4-11-9(3-1)5-10(6-14-11)12-15-7-13-8-16-12/h1-8H. The van der Waals surface area contributed by atoms with Crippen molar-refractivity contribution in [2.24, 2.45) is 0 Å². The van der Waals surface area contributed by atoms with Gasteiger partial charge in [0.25, 0.3) is 0 Å². The van der Waals surface area contributed by atoms with E-state index >= 15 is 0 Å². The molecule has 0 saturated carbocycles. The summed E-state index contributed by atoms with van der Waals surface area (Å²) in [5.41, 5.74) is 1.88. The summed E-state index contributed by atoms with van der Waals surface area (Å²) in [6, 6.07) is 9.98. The number of benzene rings is 1. The van der Waals surface area contributed by atoms with Crippen LogP contribution in [0.1, 0.15) is 0 Å². The van der Waals surface area contributed by atoms with Gasteiger partial charge in [-0.25, -0.2) is 15.0 Å². The van der Waals surface area contributed by atoms with Gasteiger partial charge < -0.3 is 0 Å². The first-order chi connectivity index (χ1) is 7.93. The molecule has 76 valence electrons. The van der Waals surface area contributed by atoms with Gasteiger partial charge in [-0.05, 0) is 12.1 Å². The molecule has 3 aromatic rings. The van der Waals surface area contributed by atoms with E-state index in [2.05, 4.69) is 19.9 Å². The van der Waals surface area contributed by atoms with Gasteiger partial charge in [-0.1, -0.05) is 18.2 Å². The predicted molar refractivity (Wildman–Crippen MR) is 60.6 cm³/mol. The number of nitrogens with zero attached hydrogens (tertiary/aromatic N) is 4. The van der Waals surface area contributed by atoms with Crippen molar-refractivity contribution in [3.8, 4) is 11.4 Å². The lowest BCUT2D eigenvalue weighted by Gasteiger charge is -2.00. The van der Waals surface area contributed by atoms with Crippen LogP contribution in [0.4, 0.5) is 0 Å². The van der Waals surface area contributed by atoms with E-state index < -0.39 is 0 Å². The summed E-state index contributed by atoms with van der Waals surface area (Å²) >= 11 is 0. The second-order valence-corrected chi connectivity index (χ2v) is 3.38. The molecule has 0 radical (unpaired) electrons. The van der Waals surface area contributed by atoms with Crippen molar-refractivity contribution in [1.29, 1.82) is 0 Å². The molecule has 0 aliphatic carbocycles. The highest BCUT2D eigenvalue weighted by Gasteiger charge is 2.01. The first-order valence-corrected chi connectivity index (χ1v) is 4.91. The zero-order chi connectivity index (χ0) is 10.8. The predicted octanol–water partition coefficient (Wildman–Crippen LogP) is 2.09. The third-order valence-corrected chi connectivity index (χ3v) is 2.34. The zero-order valence-corrected chi connectivity index (χ0v) is 8.41. The summed E-state index contributed by atoms with van der Waals surface area (Å²) in [7, 11) is 0. The maximum atomic E-state index is 4.36. The largest absolute Gasteiger partial charge is 0.255 e. The van der Waals surface area contributed by atoms with Crippen molar-refractivity contribution in [2.45, 2.75) is 0 Å². The van der Waals surface area contributed by atoms with Crippen LogP contribution in [0.2, 0.25) is 0 Å². The van der Waals surface area contributed by atoms with Gasteiger partial charge in [-0.3, -0.25) is 4.98 Å². The Morgan fingerprint density at radius 3 is 2.56 bits per heavy atom. The van der Waals surface area contributed by atoms with E-state index in [-0.39, 0.29) is 0 Å². The van der Waals surface area contributed by atoms with E-state index in [1.165, 1.54) is 12.7 Å². The minimum absolute atomic E-state index is 0.647. The Labute approximate surface area is 92.0 Å². The lowest BCUT2D eigenvalue weighted by molar-refractivity contribution is 1.05. The highest BCUT2D eigenvalue weighted by molar-refractivity contribution is 5.82. The highest BCUT2D eigenvalue weighted by Crippen LogP contribution is 2.18. The monoisotopic (exact) mass is 208 g/mol. The SMILES string of the molecule is c1ccc2ncc(-c3ncncn3)cc2c1. The molecule has 3 rings (SSSR count). The number of aromatic nitrogens is 4. The zero-order valence-electron chi connectivity index (χ0n) is 8.41. The van der Waals surface area contributed by atoms with Crippen LogP contribution in [0.3, 0.4) is 0 Å². The molecule has 0 N–H and O–H groups in total. The summed E-state index contributed by atoms with van der Waals surface area (Å²) in [6.45, 7) is 0. The third kappa shape index (κ3) is 1.50. The van der Waals surface area contributed by atoms with Crippen molar-refractivity contribution in [1.82, 2.24) is 19.9 Å². The Bertz CT molecular complexity index is 622. The van der Waals surface area contributed by atoms with Crippen LogP contribution >= 0.6 is 0 Å². The van der Waals surface area contributed by atoms with Crippen LogP contribution in [0, 0.1) is 0 Å². The normalized spacial score (nSPS) is 10.5. The van der Waals surface area contributed by atoms with Crippen LogP contribution in [0.15, 0.2) is 49.2 Å². The Morgan fingerprint density at radius 1 is 0.875 bits per heavy atom. The molecule has 0 spiro atoms. The summed E-state index contributed by atoms with van der Waals surface area (Å²) in [5, 5.41) is 1.08. The van der Waals surface area contributed by atoms with Crippen LogP contribution in [-0.4, -0.2) is 19.9 Å². The summed E-state index contributed by atoms with van der Waals surface area (Å²) in [5.74, 6) is 0.647. The smallest absolute Gasteiger partial charge is 0.164 e. The molecule has 0 atom stereocenters. The summed E-state index contributed by atoms with van der Waals surface area (Å²) < 4.78 is 0. The topological polar surface area (TPSA) is 51.6 Å². The average molecular weight is 208 g/mol. The second kappa shape index (κ2) is 3.66. The summed E-state index contributed by atoms with van der Waals surface area (Å²) in [4.78, 5) is 16.3. The number of rotatable bonds is 1. The lowest BCUT2D eigenvalue weighted by Crippen LogP contribution is -1.90. The molecule has 0 unspecified atom stereocenters. The van der Waals surface area contributed by atoms with Crippen molar-refractivity contribution in [2.75, 3.05) is 0 Å². The number of pyridine rings is 1. The Morgan fingerprint density at radius 2 is 1.69 bits per heavy atom. The van der Waals surface area contributed by atoms with Crippen LogP contribution < -0.4 is 0 Å². The Kier molecular flexibility index (Phi) is 2.04. The van der Waals surface area contributed by atoms with Crippen LogP contribution in [-0.2, 0) is 0 Å². The van der Waals surface area contributed by atoms with E-state index in [1.54, 1.807) is 6.20 Å². The molecule has 0 aliphatic rings. The molecular formula is C12H8N4. The first-order valence-electron chi connectivity index (χ1n) is 4.91. The van der Waals surface area contributed by atoms with Crippen molar-refractivity contribution < 1.29 is 0 Å². The van der Waals surface area contributed by atoms with Gasteiger partial charge in [0, 0.05) is 17.1 Å². The number of para-hydroxylation sites is 1. The summed E-state index contributed by atoms with van der Waals surface area (Å²) in [6.07, 6.45) is 4.74. The van der Waals surface area contributed by atoms with Crippen molar-refractivity contribution in [3.63, 3.8) is 0 Å². The average Bonchev–Trinajstić information content (AvgIpc) is 2.39. The van der Waals surface area contributed by atoms with Gasteiger partial charge in [-0.15, -0.1) is 0 Å². The van der Waals surface area contributed by atoms with E-state index in [0.29, 0.717) is 5.82 Å². The fourth-order valence-electron chi connectivity index (χ4n) is 1.58. The van der Waals surface area contributed by atoms with Crippen LogP contribution in [0.25, 0.3) is 22.3 Å². The van der Waals surface area contributed by atoms with Gasteiger partial charge in [0.05, 0.1) is 5.52 Å². The molecule has 16 heavy (non-hydrogen) atoms. The maximum absolute atomic E-state index is 4.36. The Balaban J connectivity index is 2.19. The van der Waals surface area contributed by atoms with Gasteiger partial charge in [0.15, 0.2) is 5.82 Å². The molecule has 4 nitrogen and oxygen atoms in total. The van der Waals surface area contributed by atoms with E-state index in [4.69, 9.17) is 0 Å². The minimum atomic E-state index is 0.647. The number of hydrogen-bond donors (Lipinski definition) is 0. The third-order valence-electron chi connectivity index (χ3n) is 2.34. The number of fused-ring (bicyclic) bond motifs is 1. The number of hydrogen-bond acceptors (Lipinski definition) is 4.